The van der Waals surface area contributed by atoms with Crippen molar-refractivity contribution in [3.8, 4) is 39.1 Å². The summed E-state index contributed by atoms with van der Waals surface area (Å²) in [6.45, 7) is 0. The van der Waals surface area contributed by atoms with E-state index in [4.69, 9.17) is 4.42 Å². The molecule has 0 saturated carbocycles. The average molecular weight is 779 g/mol. The van der Waals surface area contributed by atoms with Gasteiger partial charge in [-0.15, -0.1) is 0 Å². The van der Waals surface area contributed by atoms with Crippen molar-refractivity contribution < 1.29 is 4.42 Å². The largest absolute Gasteiger partial charge is 0.454 e. The van der Waals surface area contributed by atoms with Gasteiger partial charge in [0, 0.05) is 38.5 Å². The number of para-hydroxylation sites is 5. The number of aromatic nitrogens is 1. The molecule has 0 aliphatic heterocycles. The number of hydrogen-bond donors (Lipinski definition) is 0. The molecular weight excluding hydrogens is 741 g/mol. The van der Waals surface area contributed by atoms with Gasteiger partial charge in [-0.2, -0.15) is 0 Å². The predicted molar refractivity (Wildman–Crippen MR) is 257 cm³/mol. The first kappa shape index (κ1) is 34.9. The molecule has 0 fully saturated rings. The molecule has 0 atom stereocenters. The second kappa shape index (κ2) is 14.3. The van der Waals surface area contributed by atoms with Gasteiger partial charge in [-0.3, -0.25) is 0 Å². The SMILES string of the molecule is c1cc(-c2ccc(N(c3cccc(-c4ccc5ccccc5c4)c3)c3cccc4c3oc3ccccc34)cc2)cc(-c2ccccc2-n2c3ccccc3c3ccccc32)c1. The minimum atomic E-state index is 0.860. The van der Waals surface area contributed by atoms with Crippen LogP contribution in [0.2, 0.25) is 0 Å². The number of anilines is 3. The van der Waals surface area contributed by atoms with Crippen molar-refractivity contribution in [2.24, 2.45) is 0 Å². The van der Waals surface area contributed by atoms with Crippen LogP contribution in [-0.2, 0) is 0 Å². The van der Waals surface area contributed by atoms with Crippen LogP contribution in [0, 0.1) is 0 Å². The molecule has 12 rings (SSSR count). The van der Waals surface area contributed by atoms with Gasteiger partial charge in [0.2, 0.25) is 0 Å². The fourth-order valence-electron chi connectivity index (χ4n) is 9.29. The van der Waals surface area contributed by atoms with E-state index >= 15 is 0 Å². The molecule has 10 aromatic carbocycles. The summed E-state index contributed by atoms with van der Waals surface area (Å²) in [6.07, 6.45) is 0. The van der Waals surface area contributed by atoms with Crippen LogP contribution < -0.4 is 4.90 Å². The van der Waals surface area contributed by atoms with E-state index in [-0.39, 0.29) is 0 Å². The molecule has 3 nitrogen and oxygen atoms in total. The molecule has 0 unspecified atom stereocenters. The molecule has 0 radical (unpaired) electrons. The maximum Gasteiger partial charge on any atom is 0.159 e. The molecule has 61 heavy (non-hydrogen) atoms. The first-order valence-electron chi connectivity index (χ1n) is 20.8. The van der Waals surface area contributed by atoms with E-state index in [1.165, 1.54) is 49.3 Å². The van der Waals surface area contributed by atoms with E-state index in [1.54, 1.807) is 0 Å². The molecule has 0 bridgehead atoms. The Balaban J connectivity index is 0.964. The van der Waals surface area contributed by atoms with Crippen molar-refractivity contribution in [3.05, 3.63) is 231 Å². The summed E-state index contributed by atoms with van der Waals surface area (Å²) in [5, 5.41) is 7.18. The monoisotopic (exact) mass is 778 g/mol. The van der Waals surface area contributed by atoms with Crippen molar-refractivity contribution in [1.29, 1.82) is 0 Å². The number of fused-ring (bicyclic) bond motifs is 7. The number of rotatable bonds is 7. The second-order valence-corrected chi connectivity index (χ2v) is 15.7. The van der Waals surface area contributed by atoms with Gasteiger partial charge in [0.05, 0.1) is 22.4 Å². The van der Waals surface area contributed by atoms with Crippen LogP contribution in [0.5, 0.6) is 0 Å². The standard InChI is InChI=1S/C58H38N2O/c1-2-15-41-36-44(31-30-39(41)14-1)43-17-12-19-47(38-43)59(56-28-13-24-52-51-23-6-10-29-57(51)61-58(52)56)46-34-32-40(33-35-46)42-16-11-18-45(37-42)48-20-3-7-25-53(48)60-54-26-8-4-21-49(54)50-22-5-9-27-55(50)60/h1-38H. The van der Waals surface area contributed by atoms with Crippen molar-refractivity contribution in [1.82, 2.24) is 4.57 Å². The zero-order valence-corrected chi connectivity index (χ0v) is 33.2. The molecule has 3 heteroatoms. The summed E-state index contributed by atoms with van der Waals surface area (Å²) >= 11 is 0. The van der Waals surface area contributed by atoms with E-state index in [9.17, 15) is 0 Å². The zero-order chi connectivity index (χ0) is 40.3. The van der Waals surface area contributed by atoms with Gasteiger partial charge in [-0.25, -0.2) is 0 Å². The highest BCUT2D eigenvalue weighted by Gasteiger charge is 2.21. The number of hydrogen-bond acceptors (Lipinski definition) is 2. The van der Waals surface area contributed by atoms with E-state index < -0.39 is 0 Å². The molecule has 12 aromatic rings. The number of furan rings is 1. The van der Waals surface area contributed by atoms with E-state index in [0.717, 1.165) is 61.4 Å². The lowest BCUT2D eigenvalue weighted by Gasteiger charge is -2.26. The Morgan fingerprint density at radius 2 is 0.934 bits per heavy atom. The van der Waals surface area contributed by atoms with Crippen LogP contribution in [0.4, 0.5) is 17.1 Å². The number of nitrogens with zero attached hydrogens (tertiary/aromatic N) is 2. The van der Waals surface area contributed by atoms with Gasteiger partial charge >= 0.3 is 0 Å². The predicted octanol–water partition coefficient (Wildman–Crippen LogP) is 16.3. The lowest BCUT2D eigenvalue weighted by molar-refractivity contribution is 0.669. The van der Waals surface area contributed by atoms with Crippen LogP contribution in [0.3, 0.4) is 0 Å². The summed E-state index contributed by atoms with van der Waals surface area (Å²) in [6, 6.07) is 82.9. The van der Waals surface area contributed by atoms with Crippen molar-refractivity contribution >= 4 is 71.6 Å². The van der Waals surface area contributed by atoms with Gasteiger partial charge < -0.3 is 13.9 Å². The molecule has 2 heterocycles. The second-order valence-electron chi connectivity index (χ2n) is 15.7. The Kier molecular flexibility index (Phi) is 8.17. The minimum Gasteiger partial charge on any atom is -0.454 e. The minimum absolute atomic E-state index is 0.860. The van der Waals surface area contributed by atoms with Gasteiger partial charge in [0.1, 0.15) is 5.58 Å². The normalized spacial score (nSPS) is 11.6. The average Bonchev–Trinajstić information content (AvgIpc) is 3.88. The summed E-state index contributed by atoms with van der Waals surface area (Å²) in [5.41, 5.74) is 15.4. The molecule has 0 saturated heterocycles. The van der Waals surface area contributed by atoms with Crippen molar-refractivity contribution in [2.45, 2.75) is 0 Å². The van der Waals surface area contributed by atoms with Crippen LogP contribution in [0.25, 0.3) is 93.6 Å². The lowest BCUT2D eigenvalue weighted by atomic mass is 9.97. The van der Waals surface area contributed by atoms with Gasteiger partial charge in [-0.1, -0.05) is 164 Å². The van der Waals surface area contributed by atoms with Crippen LogP contribution in [-0.4, -0.2) is 4.57 Å². The van der Waals surface area contributed by atoms with Crippen molar-refractivity contribution in [3.63, 3.8) is 0 Å². The third-order valence-electron chi connectivity index (χ3n) is 12.2. The molecule has 0 spiro atoms. The van der Waals surface area contributed by atoms with E-state index in [2.05, 4.69) is 228 Å². The molecule has 0 amide bonds. The Morgan fingerprint density at radius 1 is 0.344 bits per heavy atom. The maximum atomic E-state index is 6.66. The fraction of sp³-hybridized carbons (Fsp3) is 0. The summed E-state index contributed by atoms with van der Waals surface area (Å²) in [4.78, 5) is 2.33. The Labute approximate surface area is 353 Å². The first-order chi connectivity index (χ1) is 30.2. The summed E-state index contributed by atoms with van der Waals surface area (Å²) in [7, 11) is 0. The van der Waals surface area contributed by atoms with Crippen LogP contribution >= 0.6 is 0 Å². The lowest BCUT2D eigenvalue weighted by Crippen LogP contribution is -2.10. The molecule has 0 aliphatic rings. The van der Waals surface area contributed by atoms with E-state index in [0.29, 0.717) is 0 Å². The first-order valence-corrected chi connectivity index (χ1v) is 20.8. The fourth-order valence-corrected chi connectivity index (χ4v) is 9.29. The summed E-state index contributed by atoms with van der Waals surface area (Å²) < 4.78 is 9.07. The molecule has 0 aliphatic carbocycles. The van der Waals surface area contributed by atoms with E-state index in [1.807, 2.05) is 12.1 Å². The molecule has 2 aromatic heterocycles. The van der Waals surface area contributed by atoms with Crippen LogP contribution in [0.1, 0.15) is 0 Å². The zero-order valence-electron chi connectivity index (χ0n) is 33.2. The third-order valence-corrected chi connectivity index (χ3v) is 12.2. The highest BCUT2D eigenvalue weighted by molar-refractivity contribution is 6.11. The number of benzene rings is 10. The highest BCUT2D eigenvalue weighted by atomic mass is 16.3. The Bertz CT molecular complexity index is 3560. The molecular formula is C58H38N2O. The van der Waals surface area contributed by atoms with Gasteiger partial charge in [-0.05, 0) is 105 Å². The molecule has 286 valence electrons. The smallest absolute Gasteiger partial charge is 0.159 e. The van der Waals surface area contributed by atoms with Gasteiger partial charge in [0.15, 0.2) is 5.58 Å². The third kappa shape index (κ3) is 5.90. The Morgan fingerprint density at radius 3 is 1.75 bits per heavy atom. The van der Waals surface area contributed by atoms with Gasteiger partial charge in [0.25, 0.3) is 0 Å². The maximum absolute atomic E-state index is 6.66. The quantitative estimate of drug-likeness (QED) is 0.161. The Hall–Kier alpha value is -8.14. The topological polar surface area (TPSA) is 21.3 Å². The van der Waals surface area contributed by atoms with Crippen molar-refractivity contribution in [2.75, 3.05) is 4.90 Å². The van der Waals surface area contributed by atoms with Crippen LogP contribution in [0.15, 0.2) is 235 Å². The summed E-state index contributed by atoms with van der Waals surface area (Å²) in [5.74, 6) is 0. The highest BCUT2D eigenvalue weighted by Crippen LogP contribution is 2.44. The molecule has 0 N–H and O–H groups in total.